The summed E-state index contributed by atoms with van der Waals surface area (Å²) in [5.41, 5.74) is 0.511. The van der Waals surface area contributed by atoms with Crippen molar-refractivity contribution in [1.29, 1.82) is 0 Å². The molecule has 0 bridgehead atoms. The Morgan fingerprint density at radius 1 is 1.48 bits per heavy atom. The molecular weight excluding hydrogens is 338 g/mol. The highest BCUT2D eigenvalue weighted by molar-refractivity contribution is 9.10. The molecule has 2 rings (SSSR count). The number of nitrogens with one attached hydrogen (secondary N) is 1. The molecule has 0 saturated carbocycles. The SMILES string of the molecule is COCCn1ncc(NCCc2nccn2C)c(Br)c1=O. The van der Waals surface area contributed by atoms with Gasteiger partial charge in [-0.25, -0.2) is 9.67 Å². The van der Waals surface area contributed by atoms with Gasteiger partial charge in [0, 0.05) is 39.5 Å². The fourth-order valence-electron chi connectivity index (χ4n) is 1.87. The van der Waals surface area contributed by atoms with Crippen molar-refractivity contribution in [3.63, 3.8) is 0 Å². The van der Waals surface area contributed by atoms with Crippen LogP contribution in [0.5, 0.6) is 0 Å². The van der Waals surface area contributed by atoms with E-state index in [1.165, 1.54) is 4.68 Å². The third kappa shape index (κ3) is 3.92. The van der Waals surface area contributed by atoms with Crippen LogP contribution in [0.1, 0.15) is 5.82 Å². The molecule has 8 heteroatoms. The standard InChI is InChI=1S/C13H18BrN5O2/c1-18-6-5-16-11(18)3-4-15-10-9-17-19(7-8-21-2)13(20)12(10)14/h5-6,9,15H,3-4,7-8H2,1-2H3. The fourth-order valence-corrected chi connectivity index (χ4v) is 2.32. The maximum Gasteiger partial charge on any atom is 0.283 e. The number of anilines is 1. The molecule has 1 N–H and O–H groups in total. The summed E-state index contributed by atoms with van der Waals surface area (Å²) in [7, 11) is 3.55. The highest BCUT2D eigenvalue weighted by Crippen LogP contribution is 2.15. The molecule has 0 atom stereocenters. The fraction of sp³-hybridized carbons (Fsp3) is 0.462. The van der Waals surface area contributed by atoms with Crippen LogP contribution in [0.3, 0.4) is 0 Å². The lowest BCUT2D eigenvalue weighted by atomic mass is 10.3. The monoisotopic (exact) mass is 355 g/mol. The minimum atomic E-state index is -0.172. The van der Waals surface area contributed by atoms with Crippen LogP contribution in [-0.4, -0.2) is 39.6 Å². The van der Waals surface area contributed by atoms with Gasteiger partial charge in [-0.05, 0) is 15.9 Å². The van der Waals surface area contributed by atoms with Gasteiger partial charge in [-0.15, -0.1) is 0 Å². The van der Waals surface area contributed by atoms with Crippen molar-refractivity contribution in [1.82, 2.24) is 19.3 Å². The first-order chi connectivity index (χ1) is 10.1. The number of halogens is 1. The van der Waals surface area contributed by atoms with Gasteiger partial charge in [0.25, 0.3) is 5.56 Å². The first-order valence-electron chi connectivity index (χ1n) is 6.58. The van der Waals surface area contributed by atoms with E-state index in [0.717, 1.165) is 12.2 Å². The Morgan fingerprint density at radius 3 is 2.95 bits per heavy atom. The van der Waals surface area contributed by atoms with Crippen LogP contribution >= 0.6 is 15.9 Å². The molecule has 0 saturated heterocycles. The number of methoxy groups -OCH3 is 1. The number of aromatic nitrogens is 4. The summed E-state index contributed by atoms with van der Waals surface area (Å²) in [6, 6.07) is 0. The number of nitrogens with zero attached hydrogens (tertiary/aromatic N) is 4. The molecule has 21 heavy (non-hydrogen) atoms. The molecule has 0 aliphatic rings. The average Bonchev–Trinajstić information content (AvgIpc) is 2.88. The number of aryl methyl sites for hydroxylation is 1. The van der Waals surface area contributed by atoms with E-state index in [0.29, 0.717) is 29.9 Å². The van der Waals surface area contributed by atoms with E-state index in [2.05, 4.69) is 31.3 Å². The average molecular weight is 356 g/mol. The Labute approximate surface area is 131 Å². The molecule has 0 unspecified atom stereocenters. The molecule has 7 nitrogen and oxygen atoms in total. The van der Waals surface area contributed by atoms with Crippen molar-refractivity contribution in [2.45, 2.75) is 13.0 Å². The molecule has 0 fully saturated rings. The van der Waals surface area contributed by atoms with Gasteiger partial charge in [0.05, 0.1) is 25.0 Å². The largest absolute Gasteiger partial charge is 0.383 e. The summed E-state index contributed by atoms with van der Waals surface area (Å²) in [4.78, 5) is 16.3. The van der Waals surface area contributed by atoms with E-state index in [4.69, 9.17) is 4.74 Å². The summed E-state index contributed by atoms with van der Waals surface area (Å²) in [6.45, 7) is 1.55. The van der Waals surface area contributed by atoms with Crippen LogP contribution in [-0.2, 0) is 24.8 Å². The van der Waals surface area contributed by atoms with Crippen LogP contribution in [0.4, 0.5) is 5.69 Å². The lowest BCUT2D eigenvalue weighted by molar-refractivity contribution is 0.181. The predicted octanol–water partition coefficient (Wildman–Crippen LogP) is 1.04. The van der Waals surface area contributed by atoms with E-state index < -0.39 is 0 Å². The second kappa shape index (κ2) is 7.37. The zero-order valence-corrected chi connectivity index (χ0v) is 13.6. The molecule has 0 amide bonds. The van der Waals surface area contributed by atoms with Gasteiger partial charge in [0.2, 0.25) is 0 Å². The van der Waals surface area contributed by atoms with Gasteiger partial charge in [-0.3, -0.25) is 4.79 Å². The molecule has 114 valence electrons. The van der Waals surface area contributed by atoms with Gasteiger partial charge in [0.15, 0.2) is 0 Å². The Balaban J connectivity index is 1.99. The number of hydrogen-bond donors (Lipinski definition) is 1. The molecule has 0 radical (unpaired) electrons. The van der Waals surface area contributed by atoms with Gasteiger partial charge < -0.3 is 14.6 Å². The zero-order valence-electron chi connectivity index (χ0n) is 12.0. The lowest BCUT2D eigenvalue weighted by Crippen LogP contribution is -2.26. The molecule has 2 heterocycles. The second-order valence-electron chi connectivity index (χ2n) is 4.52. The van der Waals surface area contributed by atoms with Crippen molar-refractivity contribution in [2.24, 2.45) is 7.05 Å². The Bertz CT molecular complexity index is 652. The van der Waals surface area contributed by atoms with E-state index in [1.54, 1.807) is 19.5 Å². The van der Waals surface area contributed by atoms with Crippen LogP contribution < -0.4 is 10.9 Å². The number of ether oxygens (including phenoxy) is 1. The highest BCUT2D eigenvalue weighted by Gasteiger charge is 2.08. The molecule has 0 spiro atoms. The molecule has 2 aromatic rings. The summed E-state index contributed by atoms with van der Waals surface area (Å²) in [5, 5.41) is 7.32. The first-order valence-corrected chi connectivity index (χ1v) is 7.37. The second-order valence-corrected chi connectivity index (χ2v) is 5.32. The summed E-state index contributed by atoms with van der Waals surface area (Å²) < 4.78 is 8.77. The molecule has 0 aliphatic carbocycles. The van der Waals surface area contributed by atoms with Crippen LogP contribution in [0.25, 0.3) is 0 Å². The van der Waals surface area contributed by atoms with Gasteiger partial charge in [-0.2, -0.15) is 5.10 Å². The smallest absolute Gasteiger partial charge is 0.283 e. The normalized spacial score (nSPS) is 10.8. The van der Waals surface area contributed by atoms with Crippen molar-refractivity contribution >= 4 is 21.6 Å². The minimum absolute atomic E-state index is 0.172. The third-order valence-corrected chi connectivity index (χ3v) is 3.84. The van der Waals surface area contributed by atoms with Gasteiger partial charge >= 0.3 is 0 Å². The molecule has 0 aliphatic heterocycles. The first kappa shape index (κ1) is 15.7. The lowest BCUT2D eigenvalue weighted by Gasteiger charge is -2.10. The maximum atomic E-state index is 12.1. The summed E-state index contributed by atoms with van der Waals surface area (Å²) >= 11 is 3.32. The maximum absolute atomic E-state index is 12.1. The topological polar surface area (TPSA) is 74.0 Å². The van der Waals surface area contributed by atoms with Crippen molar-refractivity contribution in [3.8, 4) is 0 Å². The summed E-state index contributed by atoms with van der Waals surface area (Å²) in [6.07, 6.45) is 6.08. The van der Waals surface area contributed by atoms with Crippen LogP contribution in [0.15, 0.2) is 27.9 Å². The number of rotatable bonds is 7. The number of imidazole rings is 1. The van der Waals surface area contributed by atoms with Gasteiger partial charge in [-0.1, -0.05) is 0 Å². The minimum Gasteiger partial charge on any atom is -0.383 e. The van der Waals surface area contributed by atoms with Crippen molar-refractivity contribution in [2.75, 3.05) is 25.6 Å². The quantitative estimate of drug-likeness (QED) is 0.803. The van der Waals surface area contributed by atoms with Crippen molar-refractivity contribution in [3.05, 3.63) is 39.2 Å². The van der Waals surface area contributed by atoms with E-state index >= 15 is 0 Å². The number of hydrogen-bond acceptors (Lipinski definition) is 5. The highest BCUT2D eigenvalue weighted by atomic mass is 79.9. The van der Waals surface area contributed by atoms with Crippen LogP contribution in [0, 0.1) is 0 Å². The van der Waals surface area contributed by atoms with E-state index in [-0.39, 0.29) is 5.56 Å². The van der Waals surface area contributed by atoms with Crippen molar-refractivity contribution < 1.29 is 4.74 Å². The Kier molecular flexibility index (Phi) is 5.51. The van der Waals surface area contributed by atoms with Gasteiger partial charge in [0.1, 0.15) is 10.3 Å². The predicted molar refractivity (Wildman–Crippen MR) is 83.5 cm³/mol. The Hall–Kier alpha value is -1.67. The van der Waals surface area contributed by atoms with E-state index in [1.807, 2.05) is 17.8 Å². The molecule has 0 aromatic carbocycles. The van der Waals surface area contributed by atoms with Crippen LogP contribution in [0.2, 0.25) is 0 Å². The van der Waals surface area contributed by atoms with E-state index in [9.17, 15) is 4.79 Å². The molecule has 2 aromatic heterocycles. The third-order valence-electron chi connectivity index (χ3n) is 3.08. The summed E-state index contributed by atoms with van der Waals surface area (Å²) in [5.74, 6) is 0.986. The molecular formula is C13H18BrN5O2. The zero-order chi connectivity index (χ0) is 15.2. The Morgan fingerprint density at radius 2 is 2.29 bits per heavy atom.